The molecule has 1 saturated carbocycles. The molecule has 1 saturated heterocycles. The summed E-state index contributed by atoms with van der Waals surface area (Å²) in [6.45, 7) is 5.21. The van der Waals surface area contributed by atoms with Crippen molar-refractivity contribution in [2.45, 2.75) is 76.8 Å². The van der Waals surface area contributed by atoms with Crippen molar-refractivity contribution in [1.82, 2.24) is 10.6 Å². The maximum Gasteiger partial charge on any atom is 0.240 e. The Hall–Kier alpha value is -0.280. The second kappa shape index (κ2) is 7.49. The number of halogens is 1. The molecule has 112 valence electrons. The molecule has 4 heteroatoms. The van der Waals surface area contributed by atoms with E-state index in [-0.39, 0.29) is 23.9 Å². The Balaban J connectivity index is 0.00000180. The number of hydrogen-bond acceptors (Lipinski definition) is 2. The lowest BCUT2D eigenvalue weighted by Gasteiger charge is -2.36. The van der Waals surface area contributed by atoms with Crippen molar-refractivity contribution < 1.29 is 4.79 Å². The minimum absolute atomic E-state index is 0. The molecule has 2 N–H and O–H groups in total. The third-order valence-corrected chi connectivity index (χ3v) is 4.84. The maximum atomic E-state index is 12.4. The first-order valence-electron chi connectivity index (χ1n) is 7.68. The molecule has 2 rings (SSSR count). The molecular formula is C15H29ClN2O. The summed E-state index contributed by atoms with van der Waals surface area (Å²) in [4.78, 5) is 12.4. The Kier molecular flexibility index (Phi) is 6.61. The molecule has 0 aromatic carbocycles. The van der Waals surface area contributed by atoms with E-state index in [1.54, 1.807) is 0 Å². The SMILES string of the molecule is CC(NC(=O)C1(C)CCCCN1)C1CCCCC1.Cl. The van der Waals surface area contributed by atoms with Crippen LogP contribution < -0.4 is 10.6 Å². The van der Waals surface area contributed by atoms with Crippen molar-refractivity contribution in [2.75, 3.05) is 6.54 Å². The number of amides is 1. The smallest absolute Gasteiger partial charge is 0.240 e. The van der Waals surface area contributed by atoms with E-state index < -0.39 is 0 Å². The summed E-state index contributed by atoms with van der Waals surface area (Å²) in [6.07, 6.45) is 9.93. The average molecular weight is 289 g/mol. The summed E-state index contributed by atoms with van der Waals surface area (Å²) in [7, 11) is 0. The summed E-state index contributed by atoms with van der Waals surface area (Å²) in [5.41, 5.74) is -0.332. The molecule has 1 heterocycles. The number of rotatable bonds is 3. The highest BCUT2D eigenvalue weighted by molar-refractivity contribution is 5.86. The van der Waals surface area contributed by atoms with Crippen LogP contribution in [0.2, 0.25) is 0 Å². The van der Waals surface area contributed by atoms with Crippen LogP contribution >= 0.6 is 12.4 Å². The van der Waals surface area contributed by atoms with Gasteiger partial charge in [0, 0.05) is 6.04 Å². The third kappa shape index (κ3) is 4.35. The molecule has 0 aromatic rings. The van der Waals surface area contributed by atoms with E-state index in [1.165, 1.54) is 38.5 Å². The Bertz CT molecular complexity index is 284. The summed E-state index contributed by atoms with van der Waals surface area (Å²) < 4.78 is 0. The molecule has 1 aliphatic carbocycles. The first-order chi connectivity index (χ1) is 8.62. The molecule has 0 aromatic heterocycles. The van der Waals surface area contributed by atoms with Crippen molar-refractivity contribution in [3.63, 3.8) is 0 Å². The predicted octanol–water partition coefficient (Wildman–Crippen LogP) is 3.03. The van der Waals surface area contributed by atoms with Crippen LogP contribution in [0.15, 0.2) is 0 Å². The monoisotopic (exact) mass is 288 g/mol. The molecule has 0 bridgehead atoms. The van der Waals surface area contributed by atoms with E-state index >= 15 is 0 Å². The molecule has 2 atom stereocenters. The lowest BCUT2D eigenvalue weighted by molar-refractivity contribution is -0.129. The minimum atomic E-state index is -0.332. The number of piperidine rings is 1. The Morgan fingerprint density at radius 3 is 2.47 bits per heavy atom. The fourth-order valence-corrected chi connectivity index (χ4v) is 3.37. The normalized spacial score (nSPS) is 30.2. The van der Waals surface area contributed by atoms with Crippen LogP contribution in [0.5, 0.6) is 0 Å². The molecule has 19 heavy (non-hydrogen) atoms. The molecule has 0 spiro atoms. The van der Waals surface area contributed by atoms with E-state index in [9.17, 15) is 4.79 Å². The first kappa shape index (κ1) is 16.8. The van der Waals surface area contributed by atoms with Gasteiger partial charge in [0.2, 0.25) is 5.91 Å². The Morgan fingerprint density at radius 2 is 1.89 bits per heavy atom. The van der Waals surface area contributed by atoms with Crippen molar-refractivity contribution in [3.8, 4) is 0 Å². The van der Waals surface area contributed by atoms with Gasteiger partial charge in [-0.15, -0.1) is 12.4 Å². The van der Waals surface area contributed by atoms with Gasteiger partial charge in [0.1, 0.15) is 0 Å². The second-order valence-corrected chi connectivity index (χ2v) is 6.38. The molecular weight excluding hydrogens is 260 g/mol. The highest BCUT2D eigenvalue weighted by atomic mass is 35.5. The number of carbonyl (C=O) groups is 1. The molecule has 2 fully saturated rings. The van der Waals surface area contributed by atoms with Crippen LogP contribution in [0, 0.1) is 5.92 Å². The van der Waals surface area contributed by atoms with Crippen LogP contribution in [-0.2, 0) is 4.79 Å². The highest BCUT2D eigenvalue weighted by Crippen LogP contribution is 2.27. The van der Waals surface area contributed by atoms with Crippen molar-refractivity contribution in [3.05, 3.63) is 0 Å². The van der Waals surface area contributed by atoms with Gasteiger partial charge in [0.05, 0.1) is 5.54 Å². The minimum Gasteiger partial charge on any atom is -0.352 e. The maximum absolute atomic E-state index is 12.4. The van der Waals surface area contributed by atoms with Crippen molar-refractivity contribution in [1.29, 1.82) is 0 Å². The number of hydrogen-bond donors (Lipinski definition) is 2. The van der Waals surface area contributed by atoms with E-state index in [1.807, 2.05) is 0 Å². The fourth-order valence-electron chi connectivity index (χ4n) is 3.37. The van der Waals surface area contributed by atoms with Gasteiger partial charge in [-0.1, -0.05) is 19.3 Å². The van der Waals surface area contributed by atoms with E-state index in [0.717, 1.165) is 19.4 Å². The van der Waals surface area contributed by atoms with Gasteiger partial charge in [0.25, 0.3) is 0 Å². The lowest BCUT2D eigenvalue weighted by atomic mass is 9.83. The highest BCUT2D eigenvalue weighted by Gasteiger charge is 2.35. The van der Waals surface area contributed by atoms with Crippen LogP contribution in [0.3, 0.4) is 0 Å². The zero-order valence-electron chi connectivity index (χ0n) is 12.3. The number of nitrogens with one attached hydrogen (secondary N) is 2. The van der Waals surface area contributed by atoms with Gasteiger partial charge in [-0.2, -0.15) is 0 Å². The standard InChI is InChI=1S/C15H28N2O.ClH/c1-12(13-8-4-3-5-9-13)17-14(18)15(2)10-6-7-11-16-15;/h12-13,16H,3-11H2,1-2H3,(H,17,18);1H. The van der Waals surface area contributed by atoms with E-state index in [0.29, 0.717) is 12.0 Å². The van der Waals surface area contributed by atoms with Crippen molar-refractivity contribution in [2.24, 2.45) is 5.92 Å². The van der Waals surface area contributed by atoms with Crippen molar-refractivity contribution >= 4 is 18.3 Å². The fraction of sp³-hybridized carbons (Fsp3) is 0.933. The summed E-state index contributed by atoms with van der Waals surface area (Å²) in [5.74, 6) is 0.898. The van der Waals surface area contributed by atoms with Crippen LogP contribution in [0.4, 0.5) is 0 Å². The average Bonchev–Trinajstić information content (AvgIpc) is 2.40. The summed E-state index contributed by atoms with van der Waals surface area (Å²) in [6, 6.07) is 0.332. The Morgan fingerprint density at radius 1 is 1.21 bits per heavy atom. The summed E-state index contributed by atoms with van der Waals surface area (Å²) >= 11 is 0. The quantitative estimate of drug-likeness (QED) is 0.838. The van der Waals surface area contributed by atoms with Gasteiger partial charge >= 0.3 is 0 Å². The molecule has 3 nitrogen and oxygen atoms in total. The zero-order valence-corrected chi connectivity index (χ0v) is 13.2. The van der Waals surface area contributed by atoms with Gasteiger partial charge in [-0.25, -0.2) is 0 Å². The molecule has 2 unspecified atom stereocenters. The molecule has 1 amide bonds. The van der Waals surface area contributed by atoms with Gasteiger partial charge in [0.15, 0.2) is 0 Å². The van der Waals surface area contributed by atoms with Crippen LogP contribution in [-0.4, -0.2) is 24.0 Å². The molecule has 0 radical (unpaired) electrons. The predicted molar refractivity (Wildman–Crippen MR) is 81.7 cm³/mol. The van der Waals surface area contributed by atoms with Crippen LogP contribution in [0.25, 0.3) is 0 Å². The van der Waals surface area contributed by atoms with E-state index in [2.05, 4.69) is 24.5 Å². The van der Waals surface area contributed by atoms with E-state index in [4.69, 9.17) is 0 Å². The molecule has 1 aliphatic heterocycles. The second-order valence-electron chi connectivity index (χ2n) is 6.38. The largest absolute Gasteiger partial charge is 0.352 e. The first-order valence-corrected chi connectivity index (χ1v) is 7.68. The topological polar surface area (TPSA) is 41.1 Å². The Labute approximate surface area is 123 Å². The third-order valence-electron chi connectivity index (χ3n) is 4.84. The van der Waals surface area contributed by atoms with Gasteiger partial charge in [-0.05, 0) is 58.4 Å². The van der Waals surface area contributed by atoms with Gasteiger partial charge < -0.3 is 10.6 Å². The number of carbonyl (C=O) groups excluding carboxylic acids is 1. The van der Waals surface area contributed by atoms with Gasteiger partial charge in [-0.3, -0.25) is 4.79 Å². The molecule has 2 aliphatic rings. The lowest BCUT2D eigenvalue weighted by Crippen LogP contribution is -2.59. The summed E-state index contributed by atoms with van der Waals surface area (Å²) in [5, 5.41) is 6.65. The van der Waals surface area contributed by atoms with Crippen LogP contribution in [0.1, 0.15) is 65.2 Å². The zero-order chi connectivity index (χ0) is 13.0.